The van der Waals surface area contributed by atoms with E-state index in [1.54, 1.807) is 17.9 Å². The van der Waals surface area contributed by atoms with E-state index in [0.717, 1.165) is 24.7 Å². The summed E-state index contributed by atoms with van der Waals surface area (Å²) < 4.78 is 3.45. The maximum Gasteiger partial charge on any atom is 0.396 e. The van der Waals surface area contributed by atoms with Crippen molar-refractivity contribution in [2.24, 2.45) is 7.05 Å². The first-order valence-electron chi connectivity index (χ1n) is 6.83. The molecule has 0 saturated heterocycles. The van der Waals surface area contributed by atoms with Crippen molar-refractivity contribution in [3.05, 3.63) is 22.8 Å². The predicted octanol–water partition coefficient (Wildman–Crippen LogP) is 1.61. The Labute approximate surface area is 134 Å². The molecular weight excluding hydrogens is 320 g/mol. The second-order valence-corrected chi connectivity index (χ2v) is 5.82. The lowest BCUT2D eigenvalue weighted by atomic mass is 10.4. The third-order valence-corrected chi connectivity index (χ3v) is 4.29. The molecule has 10 nitrogen and oxygen atoms in total. The third kappa shape index (κ3) is 2.70. The number of hydrogen-bond acceptors (Lipinski definition) is 8. The molecule has 0 amide bonds. The van der Waals surface area contributed by atoms with Crippen LogP contribution in [0.25, 0.3) is 11.2 Å². The Morgan fingerprint density at radius 1 is 1.35 bits per heavy atom. The number of fused-ring (bicyclic) bond motifs is 1. The fourth-order valence-electron chi connectivity index (χ4n) is 2.15. The van der Waals surface area contributed by atoms with Crippen LogP contribution in [0, 0.1) is 10.1 Å². The number of nitrogens with zero attached hydrogens (tertiary/aromatic N) is 7. The molecule has 0 radical (unpaired) electrons. The van der Waals surface area contributed by atoms with Gasteiger partial charge in [-0.2, -0.15) is 4.98 Å². The van der Waals surface area contributed by atoms with Gasteiger partial charge in [-0.3, -0.25) is 0 Å². The van der Waals surface area contributed by atoms with Gasteiger partial charge in [0.15, 0.2) is 10.7 Å². The minimum Gasteiger partial charge on any atom is -0.368 e. The molecule has 3 aromatic rings. The molecule has 0 spiro atoms. The van der Waals surface area contributed by atoms with Crippen LogP contribution < -0.4 is 5.73 Å². The summed E-state index contributed by atoms with van der Waals surface area (Å²) in [6.45, 7) is 2.80. The normalized spacial score (nSPS) is 11.2. The van der Waals surface area contributed by atoms with Crippen LogP contribution in [0.5, 0.6) is 0 Å². The van der Waals surface area contributed by atoms with Crippen molar-refractivity contribution < 1.29 is 4.92 Å². The number of nitrogen functional groups attached to an aromatic ring is 1. The molecule has 0 fully saturated rings. The van der Waals surface area contributed by atoms with Crippen LogP contribution in [-0.2, 0) is 13.6 Å². The van der Waals surface area contributed by atoms with E-state index in [2.05, 4.69) is 19.9 Å². The van der Waals surface area contributed by atoms with E-state index in [1.165, 1.54) is 6.33 Å². The molecule has 2 N–H and O–H groups in total. The van der Waals surface area contributed by atoms with Crippen LogP contribution in [0.15, 0.2) is 22.7 Å². The highest BCUT2D eigenvalue weighted by molar-refractivity contribution is 7.99. The second-order valence-electron chi connectivity index (χ2n) is 4.84. The van der Waals surface area contributed by atoms with Gasteiger partial charge in [-0.05, 0) is 28.1 Å². The Bertz CT molecular complexity index is 887. The molecule has 0 atom stereocenters. The zero-order valence-electron chi connectivity index (χ0n) is 12.5. The van der Waals surface area contributed by atoms with Crippen LogP contribution in [-0.4, -0.2) is 34.0 Å². The van der Waals surface area contributed by atoms with Crippen molar-refractivity contribution in [3.63, 3.8) is 0 Å². The van der Waals surface area contributed by atoms with E-state index in [1.807, 2.05) is 11.5 Å². The number of imidazole rings is 2. The quantitative estimate of drug-likeness (QED) is 0.423. The second kappa shape index (κ2) is 5.83. The van der Waals surface area contributed by atoms with Gasteiger partial charge in [0.05, 0.1) is 6.33 Å². The van der Waals surface area contributed by atoms with Crippen molar-refractivity contribution >= 4 is 34.7 Å². The first-order valence-corrected chi connectivity index (χ1v) is 7.64. The monoisotopic (exact) mass is 334 g/mol. The topological polar surface area (TPSA) is 131 Å². The number of aromatic nitrogens is 6. The van der Waals surface area contributed by atoms with Gasteiger partial charge in [-0.25, -0.2) is 9.97 Å². The molecule has 0 saturated carbocycles. The molecule has 0 aromatic carbocycles. The minimum absolute atomic E-state index is 0.0997. The van der Waals surface area contributed by atoms with Gasteiger partial charge in [0.25, 0.3) is 0 Å². The van der Waals surface area contributed by atoms with Gasteiger partial charge < -0.3 is 25.0 Å². The van der Waals surface area contributed by atoms with E-state index >= 15 is 0 Å². The molecule has 0 unspecified atom stereocenters. The number of nitro groups is 1. The van der Waals surface area contributed by atoms with Gasteiger partial charge in [0, 0.05) is 13.6 Å². The molecule has 3 heterocycles. The number of rotatable bonds is 5. The zero-order chi connectivity index (χ0) is 16.6. The summed E-state index contributed by atoms with van der Waals surface area (Å²) in [5, 5.41) is 11.9. The Hall–Kier alpha value is -2.69. The van der Waals surface area contributed by atoms with Crippen LogP contribution in [0.2, 0.25) is 0 Å². The summed E-state index contributed by atoms with van der Waals surface area (Å²) >= 11 is 1.10. The van der Waals surface area contributed by atoms with Crippen LogP contribution >= 0.6 is 11.8 Å². The predicted molar refractivity (Wildman–Crippen MR) is 84.0 cm³/mol. The van der Waals surface area contributed by atoms with Crippen LogP contribution in [0.4, 0.5) is 11.8 Å². The highest BCUT2D eigenvalue weighted by Crippen LogP contribution is 2.35. The highest BCUT2D eigenvalue weighted by atomic mass is 32.2. The van der Waals surface area contributed by atoms with Crippen molar-refractivity contribution in [1.29, 1.82) is 0 Å². The standard InChI is InChI=1S/C12H14N8O2S/c1-3-4-19-6-14-7-8(19)16-12(13)17-10(7)23-11-9(20(21)22)15-5-18(11)2/h5-6H,3-4H2,1-2H3,(H2,13,16,17). The summed E-state index contributed by atoms with van der Waals surface area (Å²) in [6, 6.07) is 0. The minimum atomic E-state index is -0.528. The molecule has 0 bridgehead atoms. The van der Waals surface area contributed by atoms with Crippen LogP contribution in [0.1, 0.15) is 13.3 Å². The first kappa shape index (κ1) is 15.2. The first-order chi connectivity index (χ1) is 11.0. The zero-order valence-corrected chi connectivity index (χ0v) is 13.3. The Morgan fingerprint density at radius 3 is 2.83 bits per heavy atom. The van der Waals surface area contributed by atoms with Crippen molar-refractivity contribution in [2.75, 3.05) is 5.73 Å². The Kier molecular flexibility index (Phi) is 3.86. The SMILES string of the molecule is CCCn1cnc2c(Sc3c([N+](=O)[O-])ncn3C)nc(N)nc21. The lowest BCUT2D eigenvalue weighted by Gasteiger charge is -2.05. The summed E-state index contributed by atoms with van der Waals surface area (Å²) in [6.07, 6.45) is 3.98. The van der Waals surface area contributed by atoms with Crippen molar-refractivity contribution in [2.45, 2.75) is 29.9 Å². The largest absolute Gasteiger partial charge is 0.396 e. The highest BCUT2D eigenvalue weighted by Gasteiger charge is 2.24. The maximum atomic E-state index is 11.1. The van der Waals surface area contributed by atoms with E-state index in [0.29, 0.717) is 21.2 Å². The van der Waals surface area contributed by atoms with Crippen LogP contribution in [0.3, 0.4) is 0 Å². The van der Waals surface area contributed by atoms with E-state index in [4.69, 9.17) is 5.73 Å². The number of anilines is 1. The van der Waals surface area contributed by atoms with E-state index in [-0.39, 0.29) is 11.8 Å². The lowest BCUT2D eigenvalue weighted by molar-refractivity contribution is -0.392. The molecule has 11 heteroatoms. The third-order valence-electron chi connectivity index (χ3n) is 3.14. The van der Waals surface area contributed by atoms with E-state index < -0.39 is 4.92 Å². The van der Waals surface area contributed by atoms with Gasteiger partial charge >= 0.3 is 5.82 Å². The molecular formula is C12H14N8O2S. The number of aryl methyl sites for hydroxylation is 2. The van der Waals surface area contributed by atoms with Gasteiger partial charge in [0.2, 0.25) is 12.3 Å². The summed E-state index contributed by atoms with van der Waals surface area (Å²) in [4.78, 5) is 27.1. The molecule has 3 rings (SSSR count). The summed E-state index contributed by atoms with van der Waals surface area (Å²) in [7, 11) is 1.68. The lowest BCUT2D eigenvalue weighted by Crippen LogP contribution is -2.02. The fraction of sp³-hybridized carbons (Fsp3) is 0.333. The van der Waals surface area contributed by atoms with Gasteiger partial charge in [-0.15, -0.1) is 0 Å². The summed E-state index contributed by atoms with van der Waals surface area (Å²) in [5.41, 5.74) is 6.96. The molecule has 0 aliphatic heterocycles. The maximum absolute atomic E-state index is 11.1. The molecule has 120 valence electrons. The van der Waals surface area contributed by atoms with Crippen molar-refractivity contribution in [1.82, 2.24) is 29.1 Å². The van der Waals surface area contributed by atoms with Crippen molar-refractivity contribution in [3.8, 4) is 0 Å². The fourth-order valence-corrected chi connectivity index (χ4v) is 3.12. The van der Waals surface area contributed by atoms with E-state index in [9.17, 15) is 10.1 Å². The Morgan fingerprint density at radius 2 is 2.13 bits per heavy atom. The molecule has 23 heavy (non-hydrogen) atoms. The summed E-state index contributed by atoms with van der Waals surface area (Å²) in [5.74, 6) is -0.126. The molecule has 0 aliphatic rings. The van der Waals surface area contributed by atoms with Gasteiger partial charge in [-0.1, -0.05) is 6.92 Å². The number of nitrogens with two attached hydrogens (primary N) is 1. The molecule has 3 aromatic heterocycles. The Balaban J connectivity index is 2.10. The average molecular weight is 334 g/mol. The smallest absolute Gasteiger partial charge is 0.368 e. The average Bonchev–Trinajstić information content (AvgIpc) is 3.05. The van der Waals surface area contributed by atoms with Gasteiger partial charge in [0.1, 0.15) is 10.5 Å². The molecule has 0 aliphatic carbocycles. The number of hydrogen-bond donors (Lipinski definition) is 1.